The summed E-state index contributed by atoms with van der Waals surface area (Å²) in [6, 6.07) is 9.27. The number of nitriles is 1. The van der Waals surface area contributed by atoms with Gasteiger partial charge in [0, 0.05) is 4.90 Å². The van der Waals surface area contributed by atoms with Crippen molar-refractivity contribution >= 4 is 21.7 Å². The highest BCUT2D eigenvalue weighted by Gasteiger charge is 1.97. The Labute approximate surface area is 68.1 Å². The second-order valence-corrected chi connectivity index (χ2v) is 2.74. The summed E-state index contributed by atoms with van der Waals surface area (Å²) in [7, 11) is 6.55. The smallest absolute Gasteiger partial charge is 0.100 e. The Bertz CT molecular complexity index is 267. The summed E-state index contributed by atoms with van der Waals surface area (Å²) in [6.45, 7) is 0. The molecular formula is C7H4ClNS. The fraction of sp³-hybridized carbons (Fsp3) is 0. The topological polar surface area (TPSA) is 23.8 Å². The maximum atomic E-state index is 8.53. The molecule has 0 atom stereocenters. The third kappa shape index (κ3) is 1.44. The van der Waals surface area contributed by atoms with Crippen LogP contribution in [0.5, 0.6) is 0 Å². The first-order chi connectivity index (χ1) is 4.88. The van der Waals surface area contributed by atoms with Crippen LogP contribution in [0.1, 0.15) is 5.56 Å². The zero-order valence-corrected chi connectivity index (χ0v) is 6.62. The highest BCUT2D eigenvalue weighted by Crippen LogP contribution is 2.24. The van der Waals surface area contributed by atoms with Crippen molar-refractivity contribution in [2.75, 3.05) is 0 Å². The first kappa shape index (κ1) is 7.46. The minimum Gasteiger partial charge on any atom is -0.192 e. The number of halogens is 1. The van der Waals surface area contributed by atoms with Crippen LogP contribution >= 0.6 is 21.7 Å². The Balaban J connectivity index is 3.12. The molecule has 0 saturated heterocycles. The minimum atomic E-state index is 0.627. The zero-order chi connectivity index (χ0) is 7.40. The first-order valence-corrected chi connectivity index (χ1v) is 4.30. The number of benzene rings is 1. The molecule has 10 heavy (non-hydrogen) atoms. The molecule has 1 rings (SSSR count). The van der Waals surface area contributed by atoms with Crippen molar-refractivity contribution in [2.24, 2.45) is 0 Å². The summed E-state index contributed by atoms with van der Waals surface area (Å²) in [5.74, 6) is 0. The molecule has 0 spiro atoms. The van der Waals surface area contributed by atoms with Crippen LogP contribution < -0.4 is 0 Å². The monoisotopic (exact) mass is 169 g/mol. The Morgan fingerprint density at radius 1 is 1.40 bits per heavy atom. The minimum absolute atomic E-state index is 0.627. The highest BCUT2D eigenvalue weighted by molar-refractivity contribution is 8.21. The van der Waals surface area contributed by atoms with E-state index in [0.717, 1.165) is 15.9 Å². The van der Waals surface area contributed by atoms with Gasteiger partial charge in [-0.05, 0) is 33.8 Å². The van der Waals surface area contributed by atoms with Crippen LogP contribution in [0.25, 0.3) is 0 Å². The van der Waals surface area contributed by atoms with E-state index in [1.807, 2.05) is 24.3 Å². The van der Waals surface area contributed by atoms with Crippen molar-refractivity contribution in [2.45, 2.75) is 4.90 Å². The molecule has 0 amide bonds. The van der Waals surface area contributed by atoms with Crippen molar-refractivity contribution in [3.63, 3.8) is 0 Å². The SMILES string of the molecule is N#Cc1ccccc1SCl. The van der Waals surface area contributed by atoms with Crippen LogP contribution in [0.3, 0.4) is 0 Å². The van der Waals surface area contributed by atoms with E-state index < -0.39 is 0 Å². The number of hydrogen-bond acceptors (Lipinski definition) is 2. The van der Waals surface area contributed by atoms with Gasteiger partial charge in [-0.2, -0.15) is 5.26 Å². The predicted molar refractivity (Wildman–Crippen MR) is 42.9 cm³/mol. The molecule has 0 aromatic heterocycles. The summed E-state index contributed by atoms with van der Waals surface area (Å²) in [4.78, 5) is 0.812. The Morgan fingerprint density at radius 3 is 2.60 bits per heavy atom. The Kier molecular flexibility index (Phi) is 2.61. The lowest BCUT2D eigenvalue weighted by atomic mass is 10.2. The highest BCUT2D eigenvalue weighted by atomic mass is 35.7. The molecule has 0 heterocycles. The van der Waals surface area contributed by atoms with E-state index in [0.29, 0.717) is 5.56 Å². The molecule has 50 valence electrons. The second kappa shape index (κ2) is 3.50. The van der Waals surface area contributed by atoms with E-state index in [1.54, 1.807) is 6.07 Å². The molecule has 1 aromatic carbocycles. The van der Waals surface area contributed by atoms with Gasteiger partial charge in [0.05, 0.1) is 5.56 Å². The Morgan fingerprint density at radius 2 is 2.10 bits per heavy atom. The molecule has 0 aliphatic heterocycles. The van der Waals surface area contributed by atoms with E-state index in [2.05, 4.69) is 0 Å². The van der Waals surface area contributed by atoms with Gasteiger partial charge >= 0.3 is 0 Å². The maximum Gasteiger partial charge on any atom is 0.100 e. The van der Waals surface area contributed by atoms with E-state index in [9.17, 15) is 0 Å². The van der Waals surface area contributed by atoms with Crippen LogP contribution in [0.15, 0.2) is 29.2 Å². The molecule has 0 fully saturated rings. The molecule has 1 nitrogen and oxygen atoms in total. The second-order valence-electron chi connectivity index (χ2n) is 1.69. The van der Waals surface area contributed by atoms with Crippen molar-refractivity contribution in [3.8, 4) is 6.07 Å². The van der Waals surface area contributed by atoms with Gasteiger partial charge in [0.15, 0.2) is 0 Å². The third-order valence-corrected chi connectivity index (χ3v) is 2.11. The average Bonchev–Trinajstić information content (AvgIpc) is 2.04. The quantitative estimate of drug-likeness (QED) is 0.646. The van der Waals surface area contributed by atoms with E-state index >= 15 is 0 Å². The zero-order valence-electron chi connectivity index (χ0n) is 5.04. The summed E-state index contributed by atoms with van der Waals surface area (Å²) >= 11 is 0. The van der Waals surface area contributed by atoms with E-state index in [-0.39, 0.29) is 0 Å². The number of nitrogens with zero attached hydrogens (tertiary/aromatic N) is 1. The van der Waals surface area contributed by atoms with Crippen molar-refractivity contribution in [1.82, 2.24) is 0 Å². The van der Waals surface area contributed by atoms with Gasteiger partial charge in [0.25, 0.3) is 0 Å². The number of hydrogen-bond donors (Lipinski definition) is 0. The summed E-state index contributed by atoms with van der Waals surface area (Å²) < 4.78 is 0. The molecule has 1 aromatic rings. The predicted octanol–water partition coefficient (Wildman–Crippen LogP) is 2.80. The summed E-state index contributed by atoms with van der Waals surface area (Å²) in [6.07, 6.45) is 0. The molecule has 3 heteroatoms. The fourth-order valence-electron chi connectivity index (χ4n) is 0.626. The lowest BCUT2D eigenvalue weighted by Gasteiger charge is -1.93. The van der Waals surface area contributed by atoms with Crippen molar-refractivity contribution < 1.29 is 0 Å². The summed E-state index contributed by atoms with van der Waals surface area (Å²) in [5.41, 5.74) is 0.627. The van der Waals surface area contributed by atoms with Gasteiger partial charge in [-0.25, -0.2) is 0 Å². The van der Waals surface area contributed by atoms with E-state index in [1.165, 1.54) is 0 Å². The summed E-state index contributed by atoms with van der Waals surface area (Å²) in [5, 5.41) is 8.53. The van der Waals surface area contributed by atoms with Crippen LogP contribution in [0.2, 0.25) is 0 Å². The lowest BCUT2D eigenvalue weighted by Crippen LogP contribution is -1.75. The molecule has 0 radical (unpaired) electrons. The van der Waals surface area contributed by atoms with Crippen LogP contribution in [-0.2, 0) is 0 Å². The number of rotatable bonds is 1. The van der Waals surface area contributed by atoms with Crippen LogP contribution in [0.4, 0.5) is 0 Å². The van der Waals surface area contributed by atoms with Crippen LogP contribution in [-0.4, -0.2) is 0 Å². The molecular weight excluding hydrogens is 166 g/mol. The van der Waals surface area contributed by atoms with Crippen molar-refractivity contribution in [1.29, 1.82) is 5.26 Å². The molecule has 0 bridgehead atoms. The average molecular weight is 170 g/mol. The normalized spacial score (nSPS) is 8.80. The molecule has 0 aliphatic carbocycles. The van der Waals surface area contributed by atoms with Gasteiger partial charge in [-0.1, -0.05) is 12.1 Å². The lowest BCUT2D eigenvalue weighted by molar-refractivity contribution is 1.38. The molecule has 0 N–H and O–H groups in total. The standard InChI is InChI=1S/C7H4ClNS/c8-10-7-4-2-1-3-6(7)5-9/h1-4H. The van der Waals surface area contributed by atoms with Gasteiger partial charge in [0.2, 0.25) is 0 Å². The third-order valence-electron chi connectivity index (χ3n) is 1.09. The van der Waals surface area contributed by atoms with E-state index in [4.69, 9.17) is 15.9 Å². The van der Waals surface area contributed by atoms with Gasteiger partial charge in [-0.3, -0.25) is 0 Å². The largest absolute Gasteiger partial charge is 0.192 e. The molecule has 0 unspecified atom stereocenters. The molecule has 0 saturated carbocycles. The fourth-order valence-corrected chi connectivity index (χ4v) is 1.36. The molecule has 0 aliphatic rings. The first-order valence-electron chi connectivity index (χ1n) is 2.66. The van der Waals surface area contributed by atoms with Gasteiger partial charge in [-0.15, -0.1) is 0 Å². The van der Waals surface area contributed by atoms with Gasteiger partial charge < -0.3 is 0 Å². The van der Waals surface area contributed by atoms with Crippen LogP contribution in [0, 0.1) is 11.3 Å². The van der Waals surface area contributed by atoms with Gasteiger partial charge in [0.1, 0.15) is 6.07 Å². The van der Waals surface area contributed by atoms with Crippen molar-refractivity contribution in [3.05, 3.63) is 29.8 Å². The maximum absolute atomic E-state index is 8.53. The Hall–Kier alpha value is -0.650.